The summed E-state index contributed by atoms with van der Waals surface area (Å²) in [5, 5.41) is 2.90. The smallest absolute Gasteiger partial charge is 0.234 e. The summed E-state index contributed by atoms with van der Waals surface area (Å²) in [6, 6.07) is 11.6. The van der Waals surface area contributed by atoms with Crippen LogP contribution in [0.3, 0.4) is 0 Å². The number of hydrogen-bond acceptors (Lipinski definition) is 4. The zero-order valence-corrected chi connectivity index (χ0v) is 16.9. The molecule has 2 aromatic carbocycles. The molecule has 0 spiro atoms. The second-order valence-electron chi connectivity index (χ2n) is 7.95. The first-order valence-electron chi connectivity index (χ1n) is 10.3. The van der Waals surface area contributed by atoms with Crippen LogP contribution in [0.5, 0.6) is 5.75 Å². The lowest BCUT2D eigenvalue weighted by Gasteiger charge is -2.34. The van der Waals surface area contributed by atoms with E-state index in [2.05, 4.69) is 33.3 Å². The monoisotopic (exact) mass is 397 g/mol. The summed E-state index contributed by atoms with van der Waals surface area (Å²) >= 11 is 0. The molecule has 1 N–H and O–H groups in total. The van der Waals surface area contributed by atoms with Gasteiger partial charge in [-0.15, -0.1) is 0 Å². The lowest BCUT2D eigenvalue weighted by atomic mass is 10.1. The van der Waals surface area contributed by atoms with Gasteiger partial charge in [-0.2, -0.15) is 0 Å². The summed E-state index contributed by atoms with van der Waals surface area (Å²) in [5.74, 6) is 0.778. The fourth-order valence-corrected chi connectivity index (χ4v) is 3.91. The maximum atomic E-state index is 13.6. The maximum absolute atomic E-state index is 13.6. The third-order valence-electron chi connectivity index (χ3n) is 5.72. The van der Waals surface area contributed by atoms with Crippen LogP contribution in [0.4, 0.5) is 4.39 Å². The Morgan fingerprint density at radius 3 is 2.62 bits per heavy atom. The van der Waals surface area contributed by atoms with Crippen LogP contribution < -0.4 is 10.1 Å². The summed E-state index contributed by atoms with van der Waals surface area (Å²) in [4.78, 5) is 16.9. The number of hydrogen-bond donors (Lipinski definition) is 1. The number of ether oxygens (including phenoxy) is 1. The van der Waals surface area contributed by atoms with Crippen molar-refractivity contribution < 1.29 is 13.9 Å². The lowest BCUT2D eigenvalue weighted by molar-refractivity contribution is -0.122. The lowest BCUT2D eigenvalue weighted by Crippen LogP contribution is -2.49. The molecule has 2 heterocycles. The van der Waals surface area contributed by atoms with E-state index in [9.17, 15) is 9.18 Å². The molecule has 6 heteroatoms. The molecule has 1 fully saturated rings. The molecule has 2 aliphatic heterocycles. The highest BCUT2D eigenvalue weighted by atomic mass is 19.1. The molecule has 0 bridgehead atoms. The summed E-state index contributed by atoms with van der Waals surface area (Å²) < 4.78 is 19.2. The van der Waals surface area contributed by atoms with Crippen molar-refractivity contribution in [3.63, 3.8) is 0 Å². The first-order valence-corrected chi connectivity index (χ1v) is 10.3. The molecule has 0 atom stereocenters. The Morgan fingerprint density at radius 2 is 1.83 bits per heavy atom. The average molecular weight is 397 g/mol. The van der Waals surface area contributed by atoms with Crippen molar-refractivity contribution in [3.05, 3.63) is 64.5 Å². The molecule has 0 unspecified atom stereocenters. The molecule has 2 aromatic rings. The number of aryl methyl sites for hydroxylation is 1. The summed E-state index contributed by atoms with van der Waals surface area (Å²) in [6.07, 6.45) is 1.00. The van der Waals surface area contributed by atoms with Crippen LogP contribution in [-0.2, 0) is 24.3 Å². The number of amides is 1. The molecule has 2 aliphatic rings. The van der Waals surface area contributed by atoms with Crippen LogP contribution in [0, 0.1) is 12.7 Å². The number of rotatable bonds is 6. The summed E-state index contributed by atoms with van der Waals surface area (Å²) in [5.41, 5.74) is 4.04. The zero-order chi connectivity index (χ0) is 20.2. The Kier molecular flexibility index (Phi) is 6.11. The van der Waals surface area contributed by atoms with Crippen molar-refractivity contribution in [1.82, 2.24) is 15.1 Å². The molecular formula is C23H28FN3O2. The second-order valence-corrected chi connectivity index (χ2v) is 7.95. The van der Waals surface area contributed by atoms with Gasteiger partial charge in [-0.1, -0.05) is 24.3 Å². The predicted molar refractivity (Wildman–Crippen MR) is 110 cm³/mol. The van der Waals surface area contributed by atoms with Gasteiger partial charge in [0.15, 0.2) is 0 Å². The highest BCUT2D eigenvalue weighted by Crippen LogP contribution is 2.26. The van der Waals surface area contributed by atoms with E-state index in [-0.39, 0.29) is 11.7 Å². The first kappa shape index (κ1) is 19.9. The number of benzene rings is 2. The van der Waals surface area contributed by atoms with E-state index in [0.29, 0.717) is 18.7 Å². The van der Waals surface area contributed by atoms with Gasteiger partial charge >= 0.3 is 0 Å². The Labute approximate surface area is 171 Å². The largest absolute Gasteiger partial charge is 0.493 e. The van der Waals surface area contributed by atoms with Gasteiger partial charge < -0.3 is 10.1 Å². The van der Waals surface area contributed by atoms with Gasteiger partial charge in [-0.05, 0) is 41.3 Å². The normalized spacial score (nSPS) is 17.0. The van der Waals surface area contributed by atoms with Crippen LogP contribution in [0.15, 0.2) is 36.4 Å². The minimum atomic E-state index is -0.233. The van der Waals surface area contributed by atoms with Crippen LogP contribution >= 0.6 is 0 Å². The van der Waals surface area contributed by atoms with Crippen molar-refractivity contribution in [2.45, 2.75) is 26.4 Å². The second kappa shape index (κ2) is 8.93. The molecule has 29 heavy (non-hydrogen) atoms. The van der Waals surface area contributed by atoms with Crippen molar-refractivity contribution in [2.75, 3.05) is 39.3 Å². The molecular weight excluding hydrogens is 369 g/mol. The minimum Gasteiger partial charge on any atom is -0.493 e. The Bertz CT molecular complexity index is 878. The quantitative estimate of drug-likeness (QED) is 0.814. The van der Waals surface area contributed by atoms with Crippen LogP contribution in [0.1, 0.15) is 22.3 Å². The van der Waals surface area contributed by atoms with Crippen LogP contribution in [-0.4, -0.2) is 55.0 Å². The number of piperazine rings is 1. The van der Waals surface area contributed by atoms with Crippen molar-refractivity contribution in [3.8, 4) is 5.75 Å². The Balaban J connectivity index is 1.19. The van der Waals surface area contributed by atoms with Crippen LogP contribution in [0.25, 0.3) is 0 Å². The number of nitrogens with zero attached hydrogens (tertiary/aromatic N) is 2. The molecule has 1 amide bonds. The number of halogens is 1. The molecule has 0 aromatic heterocycles. The predicted octanol–water partition coefficient (Wildman–Crippen LogP) is 2.50. The van der Waals surface area contributed by atoms with E-state index < -0.39 is 0 Å². The van der Waals surface area contributed by atoms with E-state index in [1.165, 1.54) is 17.2 Å². The number of fused-ring (bicyclic) bond motifs is 1. The van der Waals surface area contributed by atoms with Crippen molar-refractivity contribution in [1.29, 1.82) is 0 Å². The third-order valence-corrected chi connectivity index (χ3v) is 5.72. The number of carbonyl (C=O) groups excluding carboxylic acids is 1. The molecule has 0 radical (unpaired) electrons. The van der Waals surface area contributed by atoms with E-state index >= 15 is 0 Å². The highest BCUT2D eigenvalue weighted by molar-refractivity contribution is 5.78. The molecule has 5 nitrogen and oxygen atoms in total. The van der Waals surface area contributed by atoms with Gasteiger partial charge in [0.2, 0.25) is 5.91 Å². The van der Waals surface area contributed by atoms with E-state index in [1.54, 1.807) is 13.0 Å². The van der Waals surface area contributed by atoms with Gasteiger partial charge in [-0.25, -0.2) is 4.39 Å². The first-order chi connectivity index (χ1) is 14.1. The van der Waals surface area contributed by atoms with Crippen LogP contribution in [0.2, 0.25) is 0 Å². The molecule has 0 aliphatic carbocycles. The average Bonchev–Trinajstić information content (AvgIpc) is 3.18. The summed E-state index contributed by atoms with van der Waals surface area (Å²) in [7, 11) is 0. The van der Waals surface area contributed by atoms with Gasteiger partial charge in [0.25, 0.3) is 0 Å². The zero-order valence-electron chi connectivity index (χ0n) is 16.9. The number of carbonyl (C=O) groups is 1. The van der Waals surface area contributed by atoms with Gasteiger partial charge in [0.05, 0.1) is 13.2 Å². The molecule has 0 saturated carbocycles. The van der Waals surface area contributed by atoms with Gasteiger partial charge in [0.1, 0.15) is 11.6 Å². The SMILES string of the molecule is Cc1ccc(CNC(=O)CN2CCN(Cc3ccc4c(c3)CCO4)CC2)cc1F. The fraction of sp³-hybridized carbons (Fsp3) is 0.435. The third kappa shape index (κ3) is 5.14. The van der Waals surface area contributed by atoms with E-state index in [0.717, 1.165) is 57.1 Å². The minimum absolute atomic E-state index is 0.0157. The van der Waals surface area contributed by atoms with Crippen molar-refractivity contribution in [2.24, 2.45) is 0 Å². The van der Waals surface area contributed by atoms with Gasteiger partial charge in [0, 0.05) is 45.7 Å². The number of nitrogens with one attached hydrogen (secondary N) is 1. The Hall–Kier alpha value is -2.44. The standard InChI is InChI=1S/C23H28FN3O2/c1-17-2-3-18(13-21(17)24)14-25-23(28)16-27-9-7-26(8-10-27)15-19-4-5-22-20(12-19)6-11-29-22/h2-5,12-13H,6-11,14-16H2,1H3,(H,25,28). The van der Waals surface area contributed by atoms with Gasteiger partial charge in [-0.3, -0.25) is 14.6 Å². The molecule has 154 valence electrons. The molecule has 4 rings (SSSR count). The van der Waals surface area contributed by atoms with E-state index in [4.69, 9.17) is 4.74 Å². The summed E-state index contributed by atoms with van der Waals surface area (Å²) in [6.45, 7) is 7.85. The van der Waals surface area contributed by atoms with Crippen molar-refractivity contribution >= 4 is 5.91 Å². The molecule has 1 saturated heterocycles. The Morgan fingerprint density at radius 1 is 1.07 bits per heavy atom. The highest BCUT2D eigenvalue weighted by Gasteiger charge is 2.20. The topological polar surface area (TPSA) is 44.8 Å². The maximum Gasteiger partial charge on any atom is 0.234 e. The van der Waals surface area contributed by atoms with E-state index in [1.807, 2.05) is 6.07 Å². The fourth-order valence-electron chi connectivity index (χ4n) is 3.91.